The van der Waals surface area contributed by atoms with E-state index in [1.165, 1.54) is 16.9 Å². The molecule has 2 nitrogen and oxygen atoms in total. The molecule has 0 atom stereocenters. The molecule has 1 aromatic heterocycles. The van der Waals surface area contributed by atoms with Crippen LogP contribution in [0.1, 0.15) is 10.4 Å². The van der Waals surface area contributed by atoms with E-state index < -0.39 is 0 Å². The van der Waals surface area contributed by atoms with Crippen LogP contribution < -0.4 is 5.73 Å². The predicted octanol–water partition coefficient (Wildman–Crippen LogP) is 3.18. The van der Waals surface area contributed by atoms with Crippen LogP contribution in [0.15, 0.2) is 29.6 Å². The third-order valence-electron chi connectivity index (χ3n) is 2.29. The average molecular weight is 214 g/mol. The molecule has 0 amide bonds. The lowest BCUT2D eigenvalue weighted by atomic mass is 10.1. The monoisotopic (exact) mass is 214 g/mol. The van der Waals surface area contributed by atoms with E-state index in [-0.39, 0.29) is 0 Å². The van der Waals surface area contributed by atoms with E-state index in [1.54, 1.807) is 0 Å². The van der Waals surface area contributed by atoms with E-state index in [1.807, 2.05) is 36.6 Å². The molecule has 1 heterocycles. The molecule has 0 bridgehead atoms. The van der Waals surface area contributed by atoms with E-state index in [0.717, 1.165) is 11.1 Å². The summed E-state index contributed by atoms with van der Waals surface area (Å²) in [6, 6.07) is 10.2. The van der Waals surface area contributed by atoms with Gasteiger partial charge in [0.2, 0.25) is 0 Å². The van der Waals surface area contributed by atoms with Crippen molar-refractivity contribution in [2.75, 3.05) is 5.73 Å². The van der Waals surface area contributed by atoms with Gasteiger partial charge >= 0.3 is 0 Å². The molecule has 0 aliphatic heterocycles. The molecule has 0 saturated heterocycles. The van der Waals surface area contributed by atoms with Crippen LogP contribution in [0.5, 0.6) is 0 Å². The van der Waals surface area contributed by atoms with Crippen LogP contribution in [0.4, 0.5) is 5.69 Å². The van der Waals surface area contributed by atoms with E-state index in [2.05, 4.69) is 6.07 Å². The van der Waals surface area contributed by atoms with E-state index in [0.29, 0.717) is 10.6 Å². The summed E-state index contributed by atoms with van der Waals surface area (Å²) < 4.78 is 0. The smallest absolute Gasteiger partial charge is 0.128 e. The average Bonchev–Trinajstić information content (AvgIpc) is 2.61. The third kappa shape index (κ3) is 1.72. The zero-order chi connectivity index (χ0) is 10.8. The Kier molecular flexibility index (Phi) is 2.44. The molecule has 0 aliphatic rings. The molecule has 0 radical (unpaired) electrons. The number of nitriles is 1. The Bertz CT molecular complexity index is 518. The molecule has 0 unspecified atom stereocenters. The van der Waals surface area contributed by atoms with Crippen LogP contribution in [-0.2, 0) is 0 Å². The van der Waals surface area contributed by atoms with Crippen molar-refractivity contribution in [2.24, 2.45) is 0 Å². The van der Waals surface area contributed by atoms with Gasteiger partial charge < -0.3 is 5.73 Å². The van der Waals surface area contributed by atoms with Gasteiger partial charge in [-0.1, -0.05) is 29.8 Å². The summed E-state index contributed by atoms with van der Waals surface area (Å²) in [5.41, 5.74) is 9.70. The lowest BCUT2D eigenvalue weighted by molar-refractivity contribution is 1.47. The fourth-order valence-electron chi connectivity index (χ4n) is 1.41. The SMILES string of the molecule is Cc1ccc(-c2csc(C#N)c2N)cc1. The van der Waals surface area contributed by atoms with Gasteiger partial charge in [0.15, 0.2) is 0 Å². The largest absolute Gasteiger partial charge is 0.396 e. The Morgan fingerprint density at radius 2 is 1.93 bits per heavy atom. The molecule has 0 fully saturated rings. The zero-order valence-corrected chi connectivity index (χ0v) is 9.14. The number of thiophene rings is 1. The number of nitrogens with two attached hydrogens (primary N) is 1. The normalized spacial score (nSPS) is 9.87. The number of hydrogen-bond donors (Lipinski definition) is 1. The van der Waals surface area contributed by atoms with Gasteiger partial charge in [0.05, 0.1) is 5.69 Å². The Hall–Kier alpha value is -1.79. The number of hydrogen-bond acceptors (Lipinski definition) is 3. The molecule has 2 aromatic rings. The minimum absolute atomic E-state index is 0.588. The van der Waals surface area contributed by atoms with E-state index >= 15 is 0 Å². The van der Waals surface area contributed by atoms with Crippen LogP contribution >= 0.6 is 11.3 Å². The van der Waals surface area contributed by atoms with Gasteiger partial charge in [0, 0.05) is 10.9 Å². The van der Waals surface area contributed by atoms with Gasteiger partial charge in [-0.25, -0.2) is 0 Å². The van der Waals surface area contributed by atoms with E-state index in [9.17, 15) is 0 Å². The summed E-state index contributed by atoms with van der Waals surface area (Å²) in [5, 5.41) is 10.7. The third-order valence-corrected chi connectivity index (χ3v) is 3.19. The Morgan fingerprint density at radius 1 is 1.27 bits per heavy atom. The first-order chi connectivity index (χ1) is 7.22. The zero-order valence-electron chi connectivity index (χ0n) is 8.32. The summed E-state index contributed by atoms with van der Waals surface area (Å²) in [6.45, 7) is 2.04. The fraction of sp³-hybridized carbons (Fsp3) is 0.0833. The Morgan fingerprint density at radius 3 is 2.47 bits per heavy atom. The number of rotatable bonds is 1. The lowest BCUT2D eigenvalue weighted by Gasteiger charge is -2.00. The molecule has 0 saturated carbocycles. The maximum absolute atomic E-state index is 8.80. The first-order valence-corrected chi connectivity index (χ1v) is 5.44. The quantitative estimate of drug-likeness (QED) is 0.792. The van der Waals surface area contributed by atoms with Gasteiger partial charge in [-0.05, 0) is 12.5 Å². The maximum Gasteiger partial charge on any atom is 0.128 e. The second kappa shape index (κ2) is 3.76. The van der Waals surface area contributed by atoms with Gasteiger partial charge in [0.1, 0.15) is 10.9 Å². The first kappa shape index (κ1) is 9.75. The van der Waals surface area contributed by atoms with Crippen LogP contribution in [0.25, 0.3) is 11.1 Å². The van der Waals surface area contributed by atoms with Gasteiger partial charge in [-0.2, -0.15) is 5.26 Å². The Labute approximate surface area is 92.6 Å². The van der Waals surface area contributed by atoms with Crippen molar-refractivity contribution in [3.05, 3.63) is 40.1 Å². The lowest BCUT2D eigenvalue weighted by Crippen LogP contribution is -1.87. The Balaban J connectivity index is 2.51. The summed E-state index contributed by atoms with van der Waals surface area (Å²) >= 11 is 1.39. The van der Waals surface area contributed by atoms with Crippen LogP contribution in [0.2, 0.25) is 0 Å². The number of aryl methyl sites for hydroxylation is 1. The molecule has 2 N–H and O–H groups in total. The topological polar surface area (TPSA) is 49.8 Å². The second-order valence-electron chi connectivity index (χ2n) is 3.37. The molecular formula is C12H10N2S. The van der Waals surface area contributed by atoms with Crippen molar-refractivity contribution in [1.82, 2.24) is 0 Å². The van der Waals surface area contributed by atoms with Crippen molar-refractivity contribution < 1.29 is 0 Å². The molecule has 15 heavy (non-hydrogen) atoms. The highest BCUT2D eigenvalue weighted by Gasteiger charge is 2.09. The molecule has 0 spiro atoms. The van der Waals surface area contributed by atoms with Crippen LogP contribution in [-0.4, -0.2) is 0 Å². The standard InChI is InChI=1S/C12H10N2S/c1-8-2-4-9(5-3-8)10-7-15-11(6-13)12(10)14/h2-5,7H,14H2,1H3. The summed E-state index contributed by atoms with van der Waals surface area (Å²) in [6.07, 6.45) is 0. The molecular weight excluding hydrogens is 204 g/mol. The van der Waals surface area contributed by atoms with Crippen LogP contribution in [0, 0.1) is 18.3 Å². The molecule has 0 aliphatic carbocycles. The highest BCUT2D eigenvalue weighted by atomic mass is 32.1. The summed E-state index contributed by atoms with van der Waals surface area (Å²) in [7, 11) is 0. The van der Waals surface area contributed by atoms with Crippen molar-refractivity contribution in [2.45, 2.75) is 6.92 Å². The minimum atomic E-state index is 0.588. The van der Waals surface area contributed by atoms with Gasteiger partial charge in [-0.15, -0.1) is 11.3 Å². The highest BCUT2D eigenvalue weighted by Crippen LogP contribution is 2.33. The second-order valence-corrected chi connectivity index (χ2v) is 4.25. The van der Waals surface area contributed by atoms with Gasteiger partial charge in [-0.3, -0.25) is 0 Å². The molecule has 1 aromatic carbocycles. The van der Waals surface area contributed by atoms with Crippen molar-refractivity contribution in [3.8, 4) is 17.2 Å². The summed E-state index contributed by atoms with van der Waals surface area (Å²) in [4.78, 5) is 0.588. The maximum atomic E-state index is 8.80. The molecule has 2 rings (SSSR count). The molecule has 74 valence electrons. The highest BCUT2D eigenvalue weighted by molar-refractivity contribution is 7.11. The minimum Gasteiger partial charge on any atom is -0.396 e. The predicted molar refractivity (Wildman–Crippen MR) is 63.6 cm³/mol. The van der Waals surface area contributed by atoms with E-state index in [4.69, 9.17) is 11.0 Å². The summed E-state index contributed by atoms with van der Waals surface area (Å²) in [5.74, 6) is 0. The van der Waals surface area contributed by atoms with Crippen molar-refractivity contribution in [3.63, 3.8) is 0 Å². The number of anilines is 1. The number of nitrogen functional groups attached to an aromatic ring is 1. The fourth-order valence-corrected chi connectivity index (χ4v) is 2.20. The number of benzene rings is 1. The first-order valence-electron chi connectivity index (χ1n) is 4.56. The van der Waals surface area contributed by atoms with Crippen molar-refractivity contribution >= 4 is 17.0 Å². The van der Waals surface area contributed by atoms with Crippen molar-refractivity contribution in [1.29, 1.82) is 5.26 Å². The number of nitrogens with zero attached hydrogens (tertiary/aromatic N) is 1. The van der Waals surface area contributed by atoms with Gasteiger partial charge in [0.25, 0.3) is 0 Å². The molecule has 3 heteroatoms. The van der Waals surface area contributed by atoms with Crippen LogP contribution in [0.3, 0.4) is 0 Å².